The Labute approximate surface area is 140 Å². The van der Waals surface area contributed by atoms with Gasteiger partial charge in [0.1, 0.15) is 5.60 Å². The third-order valence-corrected chi connectivity index (χ3v) is 5.01. The first kappa shape index (κ1) is 18.5. The Bertz CT molecular complexity index is 381. The summed E-state index contributed by atoms with van der Waals surface area (Å²) in [5, 5.41) is 12.6. The monoisotopic (exact) mass is 326 g/mol. The van der Waals surface area contributed by atoms with Crippen molar-refractivity contribution in [2.24, 2.45) is 5.92 Å². The highest BCUT2D eigenvalue weighted by molar-refractivity contribution is 5.68. The molecule has 0 aromatic carbocycles. The van der Waals surface area contributed by atoms with Gasteiger partial charge < -0.3 is 20.1 Å². The summed E-state index contributed by atoms with van der Waals surface area (Å²) < 4.78 is 5.64. The van der Waals surface area contributed by atoms with E-state index < -0.39 is 5.60 Å². The molecular weight excluding hydrogens is 292 g/mol. The van der Waals surface area contributed by atoms with Crippen molar-refractivity contribution in [2.45, 2.75) is 83.4 Å². The van der Waals surface area contributed by atoms with Crippen LogP contribution in [-0.2, 0) is 4.74 Å². The summed E-state index contributed by atoms with van der Waals surface area (Å²) in [4.78, 5) is 14.6. The zero-order valence-corrected chi connectivity index (χ0v) is 15.0. The first-order valence-electron chi connectivity index (χ1n) is 9.26. The largest absolute Gasteiger partial charge is 0.444 e. The van der Waals surface area contributed by atoms with Gasteiger partial charge in [0.15, 0.2) is 0 Å². The lowest BCUT2D eigenvalue weighted by Gasteiger charge is -2.45. The van der Waals surface area contributed by atoms with Gasteiger partial charge in [-0.3, -0.25) is 0 Å². The first-order valence-corrected chi connectivity index (χ1v) is 9.26. The number of carbonyl (C=O) groups excluding carboxylic acids is 1. The maximum absolute atomic E-state index is 12.6. The van der Waals surface area contributed by atoms with Crippen LogP contribution in [0.4, 0.5) is 4.79 Å². The Hall–Kier alpha value is -0.810. The fraction of sp³-hybridized carbons (Fsp3) is 0.944. The highest BCUT2D eigenvalue weighted by Gasteiger charge is 2.39. The maximum atomic E-state index is 12.6. The number of carbonyl (C=O) groups is 1. The van der Waals surface area contributed by atoms with Gasteiger partial charge in [-0.25, -0.2) is 4.79 Å². The van der Waals surface area contributed by atoms with E-state index in [0.717, 1.165) is 32.2 Å². The van der Waals surface area contributed by atoms with Crippen LogP contribution in [0.2, 0.25) is 0 Å². The van der Waals surface area contributed by atoms with Crippen molar-refractivity contribution in [2.75, 3.05) is 19.7 Å². The fourth-order valence-corrected chi connectivity index (χ4v) is 4.07. The van der Waals surface area contributed by atoms with E-state index in [1.165, 1.54) is 19.3 Å². The molecule has 3 atom stereocenters. The second-order valence-corrected chi connectivity index (χ2v) is 7.97. The van der Waals surface area contributed by atoms with E-state index in [9.17, 15) is 4.79 Å². The number of hydrogen-bond acceptors (Lipinski definition) is 4. The lowest BCUT2D eigenvalue weighted by atomic mass is 9.76. The van der Waals surface area contributed by atoms with Crippen molar-refractivity contribution in [1.82, 2.24) is 10.2 Å². The van der Waals surface area contributed by atoms with Crippen LogP contribution < -0.4 is 5.32 Å². The average molecular weight is 326 g/mol. The number of amides is 1. The normalized spacial score (nSPS) is 29.4. The van der Waals surface area contributed by atoms with Crippen LogP contribution in [-0.4, -0.2) is 53.5 Å². The van der Waals surface area contributed by atoms with E-state index in [1.807, 2.05) is 25.7 Å². The highest BCUT2D eigenvalue weighted by Crippen LogP contribution is 2.34. The molecule has 2 N–H and O–H groups in total. The van der Waals surface area contributed by atoms with Crippen molar-refractivity contribution >= 4 is 6.09 Å². The molecule has 2 aliphatic rings. The number of nitrogens with zero attached hydrogens (tertiary/aromatic N) is 1. The molecule has 0 aromatic heterocycles. The molecule has 5 heteroatoms. The number of rotatable bonds is 4. The van der Waals surface area contributed by atoms with Gasteiger partial charge in [-0.05, 0) is 58.8 Å². The Morgan fingerprint density at radius 2 is 1.87 bits per heavy atom. The molecule has 1 aliphatic carbocycles. The molecule has 1 saturated heterocycles. The van der Waals surface area contributed by atoms with E-state index in [-0.39, 0.29) is 18.7 Å². The highest BCUT2D eigenvalue weighted by atomic mass is 16.6. The van der Waals surface area contributed by atoms with E-state index in [2.05, 4.69) is 5.32 Å². The predicted molar refractivity (Wildman–Crippen MR) is 91.4 cm³/mol. The van der Waals surface area contributed by atoms with Crippen LogP contribution >= 0.6 is 0 Å². The summed E-state index contributed by atoms with van der Waals surface area (Å²) in [6.45, 7) is 7.40. The van der Waals surface area contributed by atoms with Crippen molar-refractivity contribution in [3.05, 3.63) is 0 Å². The lowest BCUT2D eigenvalue weighted by molar-refractivity contribution is -0.00544. The lowest BCUT2D eigenvalue weighted by Crippen LogP contribution is -2.55. The summed E-state index contributed by atoms with van der Waals surface area (Å²) in [6.07, 6.45) is 7.94. The van der Waals surface area contributed by atoms with Crippen molar-refractivity contribution in [3.63, 3.8) is 0 Å². The summed E-state index contributed by atoms with van der Waals surface area (Å²) in [6, 6.07) is 0.680. The van der Waals surface area contributed by atoms with Crippen LogP contribution in [0, 0.1) is 5.92 Å². The molecule has 3 unspecified atom stereocenters. The minimum Gasteiger partial charge on any atom is -0.444 e. The van der Waals surface area contributed by atoms with Crippen LogP contribution in [0.1, 0.15) is 65.7 Å². The number of hydrogen-bond donors (Lipinski definition) is 2. The van der Waals surface area contributed by atoms with Gasteiger partial charge in [0.2, 0.25) is 0 Å². The second-order valence-electron chi connectivity index (χ2n) is 7.97. The smallest absolute Gasteiger partial charge is 0.410 e. The molecule has 0 aromatic rings. The Kier molecular flexibility index (Phi) is 6.72. The molecule has 1 amide bonds. The Morgan fingerprint density at radius 3 is 2.57 bits per heavy atom. The van der Waals surface area contributed by atoms with Gasteiger partial charge >= 0.3 is 6.09 Å². The Balaban J connectivity index is 2.07. The van der Waals surface area contributed by atoms with Gasteiger partial charge in [-0.2, -0.15) is 0 Å². The van der Waals surface area contributed by atoms with Gasteiger partial charge in [0, 0.05) is 25.2 Å². The van der Waals surface area contributed by atoms with Gasteiger partial charge in [0.05, 0.1) is 6.61 Å². The Morgan fingerprint density at radius 1 is 1.17 bits per heavy atom. The molecule has 0 radical (unpaired) electrons. The minimum absolute atomic E-state index is 0.159. The molecule has 23 heavy (non-hydrogen) atoms. The van der Waals surface area contributed by atoms with Crippen molar-refractivity contribution in [3.8, 4) is 0 Å². The van der Waals surface area contributed by atoms with Crippen LogP contribution in [0.5, 0.6) is 0 Å². The molecular formula is C18H34N2O3. The number of likely N-dealkylation sites (tertiary alicyclic amines) is 1. The number of nitrogens with one attached hydrogen (secondary N) is 1. The molecule has 1 saturated carbocycles. The van der Waals surface area contributed by atoms with Gasteiger partial charge in [-0.1, -0.05) is 12.8 Å². The molecule has 0 spiro atoms. The summed E-state index contributed by atoms with van der Waals surface area (Å²) in [5.74, 6) is 0.475. The minimum atomic E-state index is -0.444. The molecule has 5 nitrogen and oxygen atoms in total. The van der Waals surface area contributed by atoms with E-state index in [4.69, 9.17) is 9.84 Å². The average Bonchev–Trinajstić information content (AvgIpc) is 2.51. The number of aliphatic hydroxyl groups is 1. The summed E-state index contributed by atoms with van der Waals surface area (Å²) in [7, 11) is 0. The van der Waals surface area contributed by atoms with Crippen LogP contribution in [0.25, 0.3) is 0 Å². The topological polar surface area (TPSA) is 61.8 Å². The molecule has 1 aliphatic heterocycles. The number of aliphatic hydroxyl groups excluding tert-OH is 1. The third kappa shape index (κ3) is 5.35. The fourth-order valence-electron chi connectivity index (χ4n) is 4.07. The zero-order chi connectivity index (χ0) is 16.9. The van der Waals surface area contributed by atoms with E-state index in [0.29, 0.717) is 18.5 Å². The number of piperidine rings is 1. The van der Waals surface area contributed by atoms with E-state index in [1.54, 1.807) is 0 Å². The van der Waals surface area contributed by atoms with Crippen LogP contribution in [0.15, 0.2) is 0 Å². The van der Waals surface area contributed by atoms with Gasteiger partial charge in [-0.15, -0.1) is 0 Å². The molecule has 1 heterocycles. The van der Waals surface area contributed by atoms with Crippen molar-refractivity contribution < 1.29 is 14.6 Å². The predicted octanol–water partition coefficient (Wildman–Crippen LogP) is 2.92. The second kappa shape index (κ2) is 8.34. The first-order chi connectivity index (χ1) is 10.9. The van der Waals surface area contributed by atoms with Crippen molar-refractivity contribution in [1.29, 1.82) is 0 Å². The van der Waals surface area contributed by atoms with Crippen LogP contribution in [0.3, 0.4) is 0 Å². The summed E-state index contributed by atoms with van der Waals surface area (Å²) >= 11 is 0. The van der Waals surface area contributed by atoms with Gasteiger partial charge in [0.25, 0.3) is 0 Å². The maximum Gasteiger partial charge on any atom is 0.410 e. The standard InChI is InChI=1S/C18H34N2O3/c1-18(2,3)23-17(22)20-12-7-6-10-16(20)14-8-4-5-9-15(14)19-11-13-21/h14-16,19,21H,4-13H2,1-3H3. The number of ether oxygens (including phenoxy) is 1. The third-order valence-electron chi connectivity index (χ3n) is 5.01. The quantitative estimate of drug-likeness (QED) is 0.834. The molecule has 2 fully saturated rings. The zero-order valence-electron chi connectivity index (χ0n) is 15.0. The molecule has 0 bridgehead atoms. The molecule has 134 valence electrons. The SMILES string of the molecule is CC(C)(C)OC(=O)N1CCCCC1C1CCCCC1NCCO. The summed E-state index contributed by atoms with van der Waals surface area (Å²) in [5.41, 5.74) is -0.444. The van der Waals surface area contributed by atoms with E-state index >= 15 is 0 Å². The molecule has 2 rings (SSSR count).